The Kier molecular flexibility index (Phi) is 6.49. The first kappa shape index (κ1) is 19.9. The van der Waals surface area contributed by atoms with E-state index in [1.807, 2.05) is 0 Å². The fraction of sp³-hybridized carbons (Fsp3) is 0.947. The summed E-state index contributed by atoms with van der Waals surface area (Å²) in [7, 11) is -2.84. The second-order valence-electron chi connectivity index (χ2n) is 8.64. The molecule has 3 atom stereocenters. The summed E-state index contributed by atoms with van der Waals surface area (Å²) in [5.41, 5.74) is 0.348. The summed E-state index contributed by atoms with van der Waals surface area (Å²) in [6.07, 6.45) is 6.86. The summed E-state index contributed by atoms with van der Waals surface area (Å²) in [5.74, 6) is 1.73. The SMILES string of the molecule is CCC1(C)CCN(C(=NCC2CCS(=O)(=O)C2)NCC2CCCCO2)C1. The van der Waals surface area contributed by atoms with Crippen LogP contribution in [0.3, 0.4) is 0 Å². The highest BCUT2D eigenvalue weighted by atomic mass is 32.2. The lowest BCUT2D eigenvalue weighted by atomic mass is 9.87. The highest BCUT2D eigenvalue weighted by Crippen LogP contribution is 2.33. The van der Waals surface area contributed by atoms with E-state index in [-0.39, 0.29) is 12.0 Å². The van der Waals surface area contributed by atoms with Crippen LogP contribution in [0.5, 0.6) is 0 Å². The number of hydrogen-bond acceptors (Lipinski definition) is 4. The Morgan fingerprint density at radius 2 is 2.19 bits per heavy atom. The molecular weight excluding hydrogens is 350 g/mol. The zero-order valence-electron chi connectivity index (χ0n) is 16.4. The molecule has 3 fully saturated rings. The highest BCUT2D eigenvalue weighted by Gasteiger charge is 2.34. The van der Waals surface area contributed by atoms with E-state index >= 15 is 0 Å². The smallest absolute Gasteiger partial charge is 0.194 e. The normalized spacial score (nSPS) is 35.0. The van der Waals surface area contributed by atoms with Crippen molar-refractivity contribution in [3.63, 3.8) is 0 Å². The fourth-order valence-electron chi connectivity index (χ4n) is 4.17. The number of guanidine groups is 1. The van der Waals surface area contributed by atoms with Gasteiger partial charge in [0, 0.05) is 32.8 Å². The van der Waals surface area contributed by atoms with Crippen LogP contribution in [0.4, 0.5) is 0 Å². The number of sulfone groups is 1. The van der Waals surface area contributed by atoms with E-state index in [0.29, 0.717) is 23.5 Å². The zero-order valence-corrected chi connectivity index (χ0v) is 17.2. The Labute approximate surface area is 158 Å². The maximum Gasteiger partial charge on any atom is 0.194 e. The molecule has 26 heavy (non-hydrogen) atoms. The van der Waals surface area contributed by atoms with Gasteiger partial charge in [-0.1, -0.05) is 13.8 Å². The van der Waals surface area contributed by atoms with Crippen LogP contribution in [-0.4, -0.2) is 69.7 Å². The molecule has 0 amide bonds. The van der Waals surface area contributed by atoms with Crippen molar-refractivity contribution in [3.05, 3.63) is 0 Å². The summed E-state index contributed by atoms with van der Waals surface area (Å²) in [5, 5.41) is 3.54. The molecule has 150 valence electrons. The van der Waals surface area contributed by atoms with E-state index in [1.54, 1.807) is 0 Å². The molecule has 0 aromatic carbocycles. The third-order valence-corrected chi connectivity index (χ3v) is 8.14. The fourth-order valence-corrected chi connectivity index (χ4v) is 6.02. The Hall–Kier alpha value is -0.820. The molecule has 0 radical (unpaired) electrons. The van der Waals surface area contributed by atoms with E-state index in [1.165, 1.54) is 19.3 Å². The number of ether oxygens (including phenoxy) is 1. The third kappa shape index (κ3) is 5.35. The van der Waals surface area contributed by atoms with Gasteiger partial charge in [0.1, 0.15) is 0 Å². The van der Waals surface area contributed by atoms with E-state index in [2.05, 4.69) is 24.1 Å². The quantitative estimate of drug-likeness (QED) is 0.579. The molecule has 1 N–H and O–H groups in total. The second kappa shape index (κ2) is 8.46. The van der Waals surface area contributed by atoms with E-state index < -0.39 is 9.84 Å². The van der Waals surface area contributed by atoms with E-state index in [4.69, 9.17) is 9.73 Å². The van der Waals surface area contributed by atoms with Gasteiger partial charge in [-0.05, 0) is 49.9 Å². The average molecular weight is 386 g/mol. The van der Waals surface area contributed by atoms with Gasteiger partial charge in [-0.25, -0.2) is 8.42 Å². The molecule has 0 aromatic rings. The van der Waals surface area contributed by atoms with Gasteiger partial charge >= 0.3 is 0 Å². The van der Waals surface area contributed by atoms with Crippen molar-refractivity contribution >= 4 is 15.8 Å². The molecule has 3 aliphatic rings. The first-order valence-corrected chi connectivity index (χ1v) is 12.1. The van der Waals surface area contributed by atoms with Crippen molar-refractivity contribution in [3.8, 4) is 0 Å². The topological polar surface area (TPSA) is 71.0 Å². The largest absolute Gasteiger partial charge is 0.376 e. The molecule has 3 heterocycles. The molecule has 0 bridgehead atoms. The standard InChI is InChI=1S/C19H35N3O3S/c1-3-19(2)8-9-22(15-19)18(21-13-17-6-4-5-10-25-17)20-12-16-7-11-26(23,24)14-16/h16-17H,3-15H2,1-2H3,(H,20,21). The van der Waals surface area contributed by atoms with Crippen LogP contribution in [0.1, 0.15) is 52.4 Å². The minimum absolute atomic E-state index is 0.169. The van der Waals surface area contributed by atoms with Crippen molar-refractivity contribution in [1.82, 2.24) is 10.2 Å². The molecule has 0 spiro atoms. The van der Waals surface area contributed by atoms with Crippen LogP contribution >= 0.6 is 0 Å². The summed E-state index contributed by atoms with van der Waals surface area (Å²) in [6.45, 7) is 8.89. The predicted molar refractivity (Wildman–Crippen MR) is 105 cm³/mol. The summed E-state index contributed by atoms with van der Waals surface area (Å²) >= 11 is 0. The monoisotopic (exact) mass is 385 g/mol. The van der Waals surface area contributed by atoms with Crippen molar-refractivity contribution in [2.75, 3.05) is 44.3 Å². The van der Waals surface area contributed by atoms with Crippen LogP contribution < -0.4 is 5.32 Å². The molecule has 7 heteroatoms. The number of nitrogens with one attached hydrogen (secondary N) is 1. The minimum atomic E-state index is -2.84. The number of nitrogens with zero attached hydrogens (tertiary/aromatic N) is 2. The average Bonchev–Trinajstić information content (AvgIpc) is 3.19. The van der Waals surface area contributed by atoms with Crippen LogP contribution in [0.25, 0.3) is 0 Å². The Bertz CT molecular complexity index is 601. The van der Waals surface area contributed by atoms with Gasteiger partial charge in [-0.15, -0.1) is 0 Å². The first-order chi connectivity index (χ1) is 12.4. The van der Waals surface area contributed by atoms with E-state index in [0.717, 1.165) is 51.5 Å². The van der Waals surface area contributed by atoms with Crippen molar-refractivity contribution in [2.45, 2.75) is 58.5 Å². The molecular formula is C19H35N3O3S. The van der Waals surface area contributed by atoms with Crippen LogP contribution in [0.2, 0.25) is 0 Å². The van der Waals surface area contributed by atoms with Crippen molar-refractivity contribution < 1.29 is 13.2 Å². The number of likely N-dealkylation sites (tertiary alicyclic amines) is 1. The Morgan fingerprint density at radius 1 is 1.35 bits per heavy atom. The van der Waals surface area contributed by atoms with E-state index in [9.17, 15) is 8.42 Å². The Morgan fingerprint density at radius 3 is 2.81 bits per heavy atom. The number of hydrogen-bond donors (Lipinski definition) is 1. The van der Waals surface area contributed by atoms with Gasteiger partial charge in [-0.2, -0.15) is 0 Å². The minimum Gasteiger partial charge on any atom is -0.376 e. The summed E-state index contributed by atoms with van der Waals surface area (Å²) in [6, 6.07) is 0. The van der Waals surface area contributed by atoms with Crippen LogP contribution in [0.15, 0.2) is 4.99 Å². The van der Waals surface area contributed by atoms with Gasteiger partial charge < -0.3 is 15.0 Å². The maximum absolute atomic E-state index is 11.7. The predicted octanol–water partition coefficient (Wildman–Crippen LogP) is 2.06. The highest BCUT2D eigenvalue weighted by molar-refractivity contribution is 7.91. The molecule has 0 saturated carbocycles. The van der Waals surface area contributed by atoms with Gasteiger partial charge in [0.05, 0.1) is 17.6 Å². The van der Waals surface area contributed by atoms with Crippen LogP contribution in [0, 0.1) is 11.3 Å². The van der Waals surface area contributed by atoms with Crippen molar-refractivity contribution in [2.24, 2.45) is 16.3 Å². The first-order valence-electron chi connectivity index (χ1n) is 10.2. The summed E-state index contributed by atoms with van der Waals surface area (Å²) in [4.78, 5) is 7.21. The molecule has 3 saturated heterocycles. The third-order valence-electron chi connectivity index (χ3n) is 6.30. The summed E-state index contributed by atoms with van der Waals surface area (Å²) < 4.78 is 29.3. The van der Waals surface area contributed by atoms with Gasteiger partial charge in [0.15, 0.2) is 15.8 Å². The lowest BCUT2D eigenvalue weighted by Crippen LogP contribution is -2.45. The zero-order chi connectivity index (χ0) is 18.6. The molecule has 0 aromatic heterocycles. The van der Waals surface area contributed by atoms with Crippen molar-refractivity contribution in [1.29, 1.82) is 0 Å². The van der Waals surface area contributed by atoms with Gasteiger partial charge in [0.2, 0.25) is 0 Å². The molecule has 3 aliphatic heterocycles. The maximum atomic E-state index is 11.7. The molecule has 6 nitrogen and oxygen atoms in total. The molecule has 0 aliphatic carbocycles. The van der Waals surface area contributed by atoms with Gasteiger partial charge in [-0.3, -0.25) is 4.99 Å². The second-order valence-corrected chi connectivity index (χ2v) is 10.9. The molecule has 3 rings (SSSR count). The van der Waals surface area contributed by atoms with Gasteiger partial charge in [0.25, 0.3) is 0 Å². The Balaban J connectivity index is 1.61. The number of rotatable bonds is 5. The van der Waals surface area contributed by atoms with Crippen LogP contribution in [-0.2, 0) is 14.6 Å². The lowest BCUT2D eigenvalue weighted by Gasteiger charge is -2.28. The molecule has 3 unspecified atom stereocenters. The number of aliphatic imine (C=N–C) groups is 1. The lowest BCUT2D eigenvalue weighted by molar-refractivity contribution is 0.0191.